The van der Waals surface area contributed by atoms with Crippen LogP contribution in [0.15, 0.2) is 92.7 Å². The minimum absolute atomic E-state index is 0.0894. The van der Waals surface area contributed by atoms with Crippen molar-refractivity contribution < 1.29 is 18.4 Å². The summed E-state index contributed by atoms with van der Waals surface area (Å²) in [5.41, 5.74) is 2.19. The Kier molecular flexibility index (Phi) is 5.91. The summed E-state index contributed by atoms with van der Waals surface area (Å²) in [6.45, 7) is 0.949. The van der Waals surface area contributed by atoms with Crippen LogP contribution in [-0.4, -0.2) is 22.5 Å². The number of ether oxygens (including phenoxy) is 1. The molecule has 5 aromatic rings. The van der Waals surface area contributed by atoms with Crippen LogP contribution < -0.4 is 10.5 Å². The third-order valence-electron chi connectivity index (χ3n) is 5.96. The number of rotatable bonds is 8. The summed E-state index contributed by atoms with van der Waals surface area (Å²) < 4.78 is 17.8. The first-order valence-electron chi connectivity index (χ1n) is 11.1. The third kappa shape index (κ3) is 4.20. The monoisotopic (exact) mass is 456 g/mol. The Labute approximate surface area is 195 Å². The molecule has 0 bridgehead atoms. The molecule has 3 aromatic carbocycles. The second-order valence-corrected chi connectivity index (χ2v) is 8.04. The van der Waals surface area contributed by atoms with Crippen LogP contribution in [0.3, 0.4) is 0 Å². The van der Waals surface area contributed by atoms with E-state index < -0.39 is 5.76 Å². The van der Waals surface area contributed by atoms with Gasteiger partial charge in [0.25, 0.3) is 0 Å². The van der Waals surface area contributed by atoms with E-state index in [1.165, 1.54) is 4.57 Å². The molecule has 7 nitrogen and oxygen atoms in total. The maximum atomic E-state index is 13.4. The Morgan fingerprint density at radius 3 is 2.53 bits per heavy atom. The molecule has 0 aliphatic heterocycles. The number of hydrogen-bond donors (Lipinski definition) is 0. The lowest BCUT2D eigenvalue weighted by atomic mass is 10.0. The number of carbonyl (C=O) groups excluding carboxylic acids is 1. The molecule has 0 N–H and O–H groups in total. The van der Waals surface area contributed by atoms with Gasteiger partial charge in [0.2, 0.25) is 5.91 Å². The van der Waals surface area contributed by atoms with Gasteiger partial charge in [-0.2, -0.15) is 0 Å². The van der Waals surface area contributed by atoms with Crippen LogP contribution in [0.25, 0.3) is 21.9 Å². The lowest BCUT2D eigenvalue weighted by Crippen LogP contribution is -2.31. The van der Waals surface area contributed by atoms with Crippen molar-refractivity contribution in [3.8, 4) is 5.75 Å². The number of oxazole rings is 1. The summed E-state index contributed by atoms with van der Waals surface area (Å²) >= 11 is 0. The van der Waals surface area contributed by atoms with E-state index in [-0.39, 0.29) is 18.9 Å². The SMILES string of the molecule is COc1ccc(CN(Cc2ccco2)C(=O)CCn2c(=O)oc3ccccc32)c2ccccc12. The van der Waals surface area contributed by atoms with Gasteiger partial charge in [-0.25, -0.2) is 4.79 Å². The van der Waals surface area contributed by atoms with E-state index in [0.717, 1.165) is 22.1 Å². The zero-order valence-corrected chi connectivity index (χ0v) is 18.8. The summed E-state index contributed by atoms with van der Waals surface area (Å²) in [6.07, 6.45) is 1.75. The molecule has 0 saturated heterocycles. The van der Waals surface area contributed by atoms with Gasteiger partial charge in [-0.15, -0.1) is 0 Å². The van der Waals surface area contributed by atoms with E-state index in [1.54, 1.807) is 30.4 Å². The summed E-state index contributed by atoms with van der Waals surface area (Å²) in [6, 6.07) is 22.7. The minimum atomic E-state index is -0.465. The van der Waals surface area contributed by atoms with Crippen LogP contribution in [0.2, 0.25) is 0 Å². The first-order chi connectivity index (χ1) is 16.6. The number of fused-ring (bicyclic) bond motifs is 2. The number of amides is 1. The fourth-order valence-corrected chi connectivity index (χ4v) is 4.27. The van der Waals surface area contributed by atoms with E-state index in [1.807, 2.05) is 60.7 Å². The van der Waals surface area contributed by atoms with E-state index in [4.69, 9.17) is 13.6 Å². The average molecular weight is 456 g/mol. The van der Waals surface area contributed by atoms with Crippen LogP contribution in [0.5, 0.6) is 5.75 Å². The lowest BCUT2D eigenvalue weighted by Gasteiger charge is -2.23. The van der Waals surface area contributed by atoms with E-state index in [2.05, 4.69) is 0 Å². The maximum absolute atomic E-state index is 13.4. The summed E-state index contributed by atoms with van der Waals surface area (Å²) in [7, 11) is 1.65. The van der Waals surface area contributed by atoms with Crippen molar-refractivity contribution in [2.24, 2.45) is 0 Å². The third-order valence-corrected chi connectivity index (χ3v) is 5.96. The normalized spacial score (nSPS) is 11.2. The van der Waals surface area contributed by atoms with Gasteiger partial charge in [-0.05, 0) is 41.3 Å². The Morgan fingerprint density at radius 1 is 0.941 bits per heavy atom. The predicted octanol–water partition coefficient (Wildman–Crippen LogP) is 4.97. The van der Waals surface area contributed by atoms with Crippen LogP contribution in [0, 0.1) is 0 Å². The molecule has 0 radical (unpaired) electrons. The summed E-state index contributed by atoms with van der Waals surface area (Å²) in [5.74, 6) is 0.924. The first-order valence-corrected chi connectivity index (χ1v) is 11.1. The molecule has 2 aromatic heterocycles. The molecule has 0 fully saturated rings. The number of aryl methyl sites for hydroxylation is 1. The minimum Gasteiger partial charge on any atom is -0.496 e. The van der Waals surface area contributed by atoms with Gasteiger partial charge in [0.05, 0.1) is 25.4 Å². The Hall–Kier alpha value is -4.26. The van der Waals surface area contributed by atoms with Crippen LogP contribution in [0.1, 0.15) is 17.7 Å². The van der Waals surface area contributed by atoms with Crippen molar-refractivity contribution in [2.45, 2.75) is 26.1 Å². The average Bonchev–Trinajstić information content (AvgIpc) is 3.49. The lowest BCUT2D eigenvalue weighted by molar-refractivity contribution is -0.133. The van der Waals surface area contributed by atoms with Crippen LogP contribution >= 0.6 is 0 Å². The fraction of sp³-hybridized carbons (Fsp3) is 0.185. The number of methoxy groups -OCH3 is 1. The predicted molar refractivity (Wildman–Crippen MR) is 129 cm³/mol. The molecule has 5 rings (SSSR count). The van der Waals surface area contributed by atoms with Crippen molar-refractivity contribution in [1.82, 2.24) is 9.47 Å². The molecule has 0 saturated carbocycles. The highest BCUT2D eigenvalue weighted by atomic mass is 16.5. The molecule has 1 amide bonds. The van der Waals surface area contributed by atoms with Crippen molar-refractivity contribution in [3.05, 3.63) is 101 Å². The zero-order valence-electron chi connectivity index (χ0n) is 18.8. The largest absolute Gasteiger partial charge is 0.496 e. The van der Waals surface area contributed by atoms with E-state index in [9.17, 15) is 9.59 Å². The van der Waals surface area contributed by atoms with Gasteiger partial charge >= 0.3 is 5.76 Å². The Bertz CT molecular complexity index is 1500. The molecule has 0 atom stereocenters. The molecule has 2 heterocycles. The second-order valence-electron chi connectivity index (χ2n) is 8.04. The molecule has 0 aliphatic carbocycles. The molecule has 0 unspecified atom stereocenters. The highest BCUT2D eigenvalue weighted by molar-refractivity contribution is 5.91. The molecule has 172 valence electrons. The Morgan fingerprint density at radius 2 is 1.74 bits per heavy atom. The maximum Gasteiger partial charge on any atom is 0.419 e. The van der Waals surface area contributed by atoms with Crippen LogP contribution in [0.4, 0.5) is 0 Å². The first kappa shape index (κ1) is 21.6. The number of aromatic nitrogens is 1. The van der Waals surface area contributed by atoms with Gasteiger partial charge in [-0.3, -0.25) is 9.36 Å². The van der Waals surface area contributed by atoms with Gasteiger partial charge in [-0.1, -0.05) is 42.5 Å². The number of para-hydroxylation sites is 2. The quantitative estimate of drug-likeness (QED) is 0.330. The zero-order chi connectivity index (χ0) is 23.5. The van der Waals surface area contributed by atoms with Crippen molar-refractivity contribution in [2.75, 3.05) is 7.11 Å². The van der Waals surface area contributed by atoms with E-state index >= 15 is 0 Å². The number of hydrogen-bond acceptors (Lipinski definition) is 5. The number of benzene rings is 3. The molecule has 0 aliphatic rings. The molecule has 0 spiro atoms. The highest BCUT2D eigenvalue weighted by Crippen LogP contribution is 2.29. The van der Waals surface area contributed by atoms with Crippen LogP contribution in [-0.2, 0) is 24.4 Å². The second kappa shape index (κ2) is 9.31. The van der Waals surface area contributed by atoms with Gasteiger partial charge in [0, 0.05) is 24.9 Å². The number of carbonyl (C=O) groups is 1. The molecular formula is C27H24N2O5. The fourth-order valence-electron chi connectivity index (χ4n) is 4.27. The van der Waals surface area contributed by atoms with Gasteiger partial charge < -0.3 is 18.5 Å². The molecule has 7 heteroatoms. The highest BCUT2D eigenvalue weighted by Gasteiger charge is 2.19. The summed E-state index contributed by atoms with van der Waals surface area (Å²) in [4.78, 5) is 27.5. The number of furan rings is 1. The molecular weight excluding hydrogens is 432 g/mol. The smallest absolute Gasteiger partial charge is 0.419 e. The van der Waals surface area contributed by atoms with Crippen molar-refractivity contribution >= 4 is 27.8 Å². The summed E-state index contributed by atoms with van der Waals surface area (Å²) in [5, 5.41) is 2.01. The van der Waals surface area contributed by atoms with E-state index in [0.29, 0.717) is 29.9 Å². The van der Waals surface area contributed by atoms with Crippen molar-refractivity contribution in [3.63, 3.8) is 0 Å². The topological polar surface area (TPSA) is 77.8 Å². The standard InChI is InChI=1S/C27H24N2O5/c1-32-24-13-12-19(21-8-2-3-9-22(21)24)17-28(18-20-7-6-16-33-20)26(30)14-15-29-23-10-4-5-11-25(23)34-27(29)31/h2-13,16H,14-15,17-18H2,1H3. The van der Waals surface area contributed by atoms with Crippen molar-refractivity contribution in [1.29, 1.82) is 0 Å². The van der Waals surface area contributed by atoms with Gasteiger partial charge in [0.15, 0.2) is 5.58 Å². The van der Waals surface area contributed by atoms with Gasteiger partial charge in [0.1, 0.15) is 11.5 Å². The molecule has 34 heavy (non-hydrogen) atoms. The number of nitrogens with zero attached hydrogens (tertiary/aromatic N) is 2. The Balaban J connectivity index is 1.42.